The number of amides is 1. The molecule has 0 spiro atoms. The smallest absolute Gasteiger partial charge is 0.373 e. The van der Waals surface area contributed by atoms with Crippen molar-refractivity contribution in [3.05, 3.63) is 59.7 Å². The number of carbonyl (C=O) groups is 1. The second-order valence-corrected chi connectivity index (χ2v) is 5.76. The Bertz CT molecular complexity index is 758. The van der Waals surface area contributed by atoms with Crippen LogP contribution in [0.15, 0.2) is 48.5 Å². The van der Waals surface area contributed by atoms with Crippen LogP contribution in [0.1, 0.15) is 22.3 Å². The van der Waals surface area contributed by atoms with Crippen molar-refractivity contribution in [2.24, 2.45) is 0 Å². The van der Waals surface area contributed by atoms with Crippen LogP contribution in [-0.2, 0) is 6.18 Å². The molecule has 0 saturated heterocycles. The fraction of sp³-hybridized carbons (Fsp3) is 0.278. The van der Waals surface area contributed by atoms with Crippen LogP contribution in [-0.4, -0.2) is 26.0 Å². The van der Waals surface area contributed by atoms with Gasteiger partial charge in [-0.15, -0.1) is 0 Å². The lowest BCUT2D eigenvalue weighted by Gasteiger charge is -2.25. The summed E-state index contributed by atoms with van der Waals surface area (Å²) in [7, 11) is 1.91. The fourth-order valence-corrected chi connectivity index (χ4v) is 3.00. The van der Waals surface area contributed by atoms with E-state index in [9.17, 15) is 18.0 Å². The molecule has 0 bridgehead atoms. The van der Waals surface area contributed by atoms with Crippen LogP contribution in [0.25, 0.3) is 0 Å². The first-order chi connectivity index (χ1) is 11.4. The maximum atomic E-state index is 13.2. The Morgan fingerprint density at radius 1 is 0.958 bits per heavy atom. The minimum absolute atomic E-state index is 0.315. The van der Waals surface area contributed by atoms with E-state index in [1.807, 2.05) is 24.1 Å². The van der Waals surface area contributed by atoms with Crippen LogP contribution in [0.4, 0.5) is 24.5 Å². The molecule has 126 valence electrons. The van der Waals surface area contributed by atoms with Crippen molar-refractivity contribution >= 4 is 17.3 Å². The van der Waals surface area contributed by atoms with Gasteiger partial charge in [-0.3, -0.25) is 4.79 Å². The average Bonchev–Trinajstić information content (AvgIpc) is 2.73. The summed E-state index contributed by atoms with van der Waals surface area (Å²) in [6, 6.07) is 12.2. The minimum Gasteiger partial charge on any atom is -0.373 e. The Kier molecular flexibility index (Phi) is 4.22. The Morgan fingerprint density at radius 3 is 2.29 bits per heavy atom. The topological polar surface area (TPSA) is 23.6 Å². The number of anilines is 2. The lowest BCUT2D eigenvalue weighted by Crippen LogP contribution is -2.33. The molecule has 1 amide bonds. The van der Waals surface area contributed by atoms with Crippen molar-refractivity contribution in [1.82, 2.24) is 0 Å². The molecule has 1 aliphatic heterocycles. The maximum absolute atomic E-state index is 13.2. The van der Waals surface area contributed by atoms with Crippen molar-refractivity contribution < 1.29 is 18.0 Å². The highest BCUT2D eigenvalue weighted by atomic mass is 19.4. The molecule has 2 aromatic carbocycles. The highest BCUT2D eigenvalue weighted by Crippen LogP contribution is 2.36. The third-order valence-corrected chi connectivity index (χ3v) is 4.17. The van der Waals surface area contributed by atoms with E-state index >= 15 is 0 Å². The van der Waals surface area contributed by atoms with Gasteiger partial charge >= 0.3 is 6.18 Å². The van der Waals surface area contributed by atoms with Gasteiger partial charge in [0.25, 0.3) is 5.91 Å². The summed E-state index contributed by atoms with van der Waals surface area (Å²) < 4.78 is 39.7. The molecule has 0 aromatic heterocycles. The Balaban J connectivity index is 2.07. The lowest BCUT2D eigenvalue weighted by atomic mass is 10.1. The molecule has 0 N–H and O–H groups in total. The number of carbonyl (C=O) groups excluding carboxylic acids is 1. The van der Waals surface area contributed by atoms with Gasteiger partial charge in [0.05, 0.1) is 22.5 Å². The normalized spacial score (nSPS) is 15.0. The molecule has 24 heavy (non-hydrogen) atoms. The summed E-state index contributed by atoms with van der Waals surface area (Å²) in [6.07, 6.45) is -3.88. The highest BCUT2D eigenvalue weighted by Gasteiger charge is 2.36. The third-order valence-electron chi connectivity index (χ3n) is 4.17. The number of halogens is 3. The molecule has 3 nitrogen and oxygen atoms in total. The summed E-state index contributed by atoms with van der Waals surface area (Å²) in [5, 5.41) is 0. The summed E-state index contributed by atoms with van der Waals surface area (Å²) in [5.41, 5.74) is 0.266. The first kappa shape index (κ1) is 16.4. The molecule has 3 rings (SSSR count). The van der Waals surface area contributed by atoms with Gasteiger partial charge in [-0.1, -0.05) is 24.3 Å². The van der Waals surface area contributed by atoms with Gasteiger partial charge in [0, 0.05) is 20.1 Å². The van der Waals surface area contributed by atoms with Crippen molar-refractivity contribution in [2.75, 3.05) is 29.9 Å². The fourth-order valence-electron chi connectivity index (χ4n) is 3.00. The standard InChI is InChI=1S/C18H17F3N2O/c1-22-11-6-12-23(16-10-5-4-9-15(16)22)17(24)13-7-2-3-8-14(13)18(19,20)21/h2-5,7-10H,6,11-12H2,1H3. The van der Waals surface area contributed by atoms with E-state index in [1.165, 1.54) is 23.1 Å². The zero-order valence-corrected chi connectivity index (χ0v) is 13.2. The highest BCUT2D eigenvalue weighted by molar-refractivity contribution is 6.09. The van der Waals surface area contributed by atoms with Gasteiger partial charge in [0.2, 0.25) is 0 Å². The van der Waals surface area contributed by atoms with Crippen LogP contribution in [0, 0.1) is 0 Å². The van der Waals surface area contributed by atoms with Crippen LogP contribution < -0.4 is 9.80 Å². The second-order valence-electron chi connectivity index (χ2n) is 5.76. The first-order valence-electron chi connectivity index (χ1n) is 7.68. The van der Waals surface area contributed by atoms with E-state index < -0.39 is 17.6 Å². The molecular weight excluding hydrogens is 317 g/mol. The second kappa shape index (κ2) is 6.19. The predicted molar refractivity (Wildman–Crippen MR) is 87.4 cm³/mol. The number of fused-ring (bicyclic) bond motifs is 1. The molecule has 6 heteroatoms. The molecule has 0 atom stereocenters. The maximum Gasteiger partial charge on any atom is 0.417 e. The van der Waals surface area contributed by atoms with Gasteiger partial charge < -0.3 is 9.80 Å². The van der Waals surface area contributed by atoms with Gasteiger partial charge in [-0.25, -0.2) is 0 Å². The number of hydrogen-bond donors (Lipinski definition) is 0. The Morgan fingerprint density at radius 2 is 1.58 bits per heavy atom. The third kappa shape index (κ3) is 2.96. The lowest BCUT2D eigenvalue weighted by molar-refractivity contribution is -0.137. The molecule has 0 aliphatic carbocycles. The Labute approximate surface area is 138 Å². The van der Waals surface area contributed by atoms with Gasteiger partial charge in [0.15, 0.2) is 0 Å². The van der Waals surface area contributed by atoms with Crippen molar-refractivity contribution in [3.8, 4) is 0 Å². The molecule has 2 aromatic rings. The summed E-state index contributed by atoms with van der Waals surface area (Å²) >= 11 is 0. The van der Waals surface area contributed by atoms with E-state index in [0.29, 0.717) is 18.7 Å². The van der Waals surface area contributed by atoms with Crippen LogP contribution in [0.5, 0.6) is 0 Å². The zero-order chi connectivity index (χ0) is 17.3. The number of benzene rings is 2. The van der Waals surface area contributed by atoms with E-state index in [1.54, 1.807) is 12.1 Å². The van der Waals surface area contributed by atoms with Crippen LogP contribution in [0.2, 0.25) is 0 Å². The van der Waals surface area contributed by atoms with E-state index in [0.717, 1.165) is 18.3 Å². The minimum atomic E-state index is -4.56. The molecule has 1 heterocycles. The molecule has 1 aliphatic rings. The number of rotatable bonds is 1. The van der Waals surface area contributed by atoms with Crippen LogP contribution in [0.3, 0.4) is 0 Å². The van der Waals surface area contributed by atoms with Gasteiger partial charge in [-0.05, 0) is 30.7 Å². The number of nitrogens with zero attached hydrogens (tertiary/aromatic N) is 2. The van der Waals surface area contributed by atoms with E-state index in [4.69, 9.17) is 0 Å². The summed E-state index contributed by atoms with van der Waals surface area (Å²) in [6.45, 7) is 1.12. The zero-order valence-electron chi connectivity index (χ0n) is 13.2. The number of para-hydroxylation sites is 2. The number of alkyl halides is 3. The SMILES string of the molecule is CN1CCCN(C(=O)c2ccccc2C(F)(F)F)c2ccccc21. The van der Waals surface area contributed by atoms with Crippen LogP contribution >= 0.6 is 0 Å². The predicted octanol–water partition coefficient (Wildman–Crippen LogP) is 4.19. The van der Waals surface area contributed by atoms with E-state index in [2.05, 4.69) is 0 Å². The summed E-state index contributed by atoms with van der Waals surface area (Å²) in [5.74, 6) is -0.620. The molecule has 0 radical (unpaired) electrons. The molecule has 0 unspecified atom stereocenters. The van der Waals surface area contributed by atoms with Gasteiger partial charge in [0.1, 0.15) is 0 Å². The summed E-state index contributed by atoms with van der Waals surface area (Å²) in [4.78, 5) is 16.4. The van der Waals surface area contributed by atoms with Crippen molar-refractivity contribution in [2.45, 2.75) is 12.6 Å². The van der Waals surface area contributed by atoms with Gasteiger partial charge in [-0.2, -0.15) is 13.2 Å². The first-order valence-corrected chi connectivity index (χ1v) is 7.68. The molecule has 0 saturated carbocycles. The monoisotopic (exact) mass is 334 g/mol. The quantitative estimate of drug-likeness (QED) is 0.781. The largest absolute Gasteiger partial charge is 0.417 e. The molecular formula is C18H17F3N2O. The van der Waals surface area contributed by atoms with E-state index in [-0.39, 0.29) is 5.56 Å². The van der Waals surface area contributed by atoms with Crippen molar-refractivity contribution in [1.29, 1.82) is 0 Å². The molecule has 0 fully saturated rings. The van der Waals surface area contributed by atoms with Crippen molar-refractivity contribution in [3.63, 3.8) is 0 Å². The average molecular weight is 334 g/mol. The Hall–Kier alpha value is -2.50. The number of hydrogen-bond acceptors (Lipinski definition) is 2.